The zero-order chi connectivity index (χ0) is 13.0. The Morgan fingerprint density at radius 2 is 2.28 bits per heavy atom. The lowest BCUT2D eigenvalue weighted by atomic mass is 10.2. The van der Waals surface area contributed by atoms with Crippen molar-refractivity contribution < 1.29 is 4.74 Å². The van der Waals surface area contributed by atoms with Crippen molar-refractivity contribution in [1.29, 1.82) is 0 Å². The zero-order valence-electron chi connectivity index (χ0n) is 10.5. The molecule has 0 unspecified atom stereocenters. The number of aromatic nitrogens is 2. The van der Waals surface area contributed by atoms with E-state index in [9.17, 15) is 0 Å². The van der Waals surface area contributed by atoms with Gasteiger partial charge in [-0.05, 0) is 25.2 Å². The van der Waals surface area contributed by atoms with Gasteiger partial charge in [-0.3, -0.25) is 0 Å². The van der Waals surface area contributed by atoms with Crippen LogP contribution in [-0.2, 0) is 13.1 Å². The Morgan fingerprint density at radius 1 is 1.44 bits per heavy atom. The van der Waals surface area contributed by atoms with E-state index in [-0.39, 0.29) is 0 Å². The van der Waals surface area contributed by atoms with Gasteiger partial charge in [-0.25, -0.2) is 4.98 Å². The van der Waals surface area contributed by atoms with E-state index in [0.717, 1.165) is 23.6 Å². The van der Waals surface area contributed by atoms with Crippen LogP contribution in [0.3, 0.4) is 0 Å². The molecule has 0 aliphatic rings. The van der Waals surface area contributed by atoms with E-state index in [2.05, 4.69) is 10.3 Å². The van der Waals surface area contributed by atoms with Gasteiger partial charge in [0.15, 0.2) is 0 Å². The zero-order valence-corrected chi connectivity index (χ0v) is 11.2. The largest absolute Gasteiger partial charge is 0.496 e. The van der Waals surface area contributed by atoms with Crippen LogP contribution in [0.5, 0.6) is 5.75 Å². The van der Waals surface area contributed by atoms with Gasteiger partial charge in [0.1, 0.15) is 5.75 Å². The molecule has 1 aromatic carbocycles. The van der Waals surface area contributed by atoms with Crippen LogP contribution < -0.4 is 10.1 Å². The molecule has 0 saturated carbocycles. The molecular formula is C13H16ClN3O. The predicted octanol–water partition coefficient (Wildman–Crippen LogP) is 2.31. The van der Waals surface area contributed by atoms with Crippen molar-refractivity contribution in [2.24, 2.45) is 0 Å². The molecule has 0 bridgehead atoms. The van der Waals surface area contributed by atoms with Gasteiger partial charge in [0.2, 0.25) is 0 Å². The maximum atomic E-state index is 6.00. The normalized spacial score (nSPS) is 10.6. The van der Waals surface area contributed by atoms with E-state index >= 15 is 0 Å². The summed E-state index contributed by atoms with van der Waals surface area (Å²) >= 11 is 6.00. The van der Waals surface area contributed by atoms with Crippen LogP contribution in [0.4, 0.5) is 0 Å². The van der Waals surface area contributed by atoms with E-state index in [1.165, 1.54) is 0 Å². The maximum Gasteiger partial charge on any atom is 0.123 e. The molecule has 4 nitrogen and oxygen atoms in total. The first-order valence-electron chi connectivity index (χ1n) is 5.70. The van der Waals surface area contributed by atoms with Gasteiger partial charge in [-0.2, -0.15) is 0 Å². The van der Waals surface area contributed by atoms with Crippen molar-refractivity contribution in [1.82, 2.24) is 14.9 Å². The molecule has 1 heterocycles. The minimum absolute atomic E-state index is 0.695. The summed E-state index contributed by atoms with van der Waals surface area (Å²) in [5.41, 5.74) is 2.05. The fourth-order valence-electron chi connectivity index (χ4n) is 1.83. The Morgan fingerprint density at radius 3 is 3.00 bits per heavy atom. The summed E-state index contributed by atoms with van der Waals surface area (Å²) in [5, 5.41) is 3.78. The SMILES string of the molecule is CNCc1cn(Cc2cc(Cl)ccc2OC)cn1. The Bertz CT molecular complexity index is 525. The summed E-state index contributed by atoms with van der Waals surface area (Å²) in [6.07, 6.45) is 3.82. The number of nitrogens with one attached hydrogen (secondary N) is 1. The average Bonchev–Trinajstić information content (AvgIpc) is 2.77. The van der Waals surface area contributed by atoms with Crippen LogP contribution in [-0.4, -0.2) is 23.7 Å². The van der Waals surface area contributed by atoms with Crippen LogP contribution in [0.25, 0.3) is 0 Å². The minimum atomic E-state index is 0.695. The number of imidazole rings is 1. The second-order valence-corrected chi connectivity index (χ2v) is 4.46. The molecule has 5 heteroatoms. The van der Waals surface area contributed by atoms with E-state index < -0.39 is 0 Å². The van der Waals surface area contributed by atoms with Gasteiger partial charge in [0.25, 0.3) is 0 Å². The highest BCUT2D eigenvalue weighted by atomic mass is 35.5. The molecule has 0 aliphatic heterocycles. The minimum Gasteiger partial charge on any atom is -0.496 e. The quantitative estimate of drug-likeness (QED) is 0.902. The number of nitrogens with zero attached hydrogens (tertiary/aromatic N) is 2. The first kappa shape index (κ1) is 12.9. The number of ether oxygens (including phenoxy) is 1. The van der Waals surface area contributed by atoms with Crippen molar-refractivity contribution in [3.63, 3.8) is 0 Å². The number of halogens is 1. The Hall–Kier alpha value is -1.52. The summed E-state index contributed by atoms with van der Waals surface area (Å²) in [6, 6.07) is 5.62. The molecule has 1 N–H and O–H groups in total. The standard InChI is InChI=1S/C13H16ClN3O/c1-15-6-12-8-17(9-16-12)7-10-5-11(14)3-4-13(10)18-2/h3-5,8-9,15H,6-7H2,1-2H3. The van der Waals surface area contributed by atoms with Gasteiger partial charge in [0.05, 0.1) is 25.7 Å². The topological polar surface area (TPSA) is 39.1 Å². The molecule has 0 fully saturated rings. The van der Waals surface area contributed by atoms with Gasteiger partial charge >= 0.3 is 0 Å². The molecule has 0 saturated heterocycles. The van der Waals surface area contributed by atoms with Crippen LogP contribution >= 0.6 is 11.6 Å². The number of methoxy groups -OCH3 is 1. The highest BCUT2D eigenvalue weighted by Crippen LogP contribution is 2.23. The molecule has 0 aliphatic carbocycles. The van der Waals surface area contributed by atoms with Gasteiger partial charge in [0, 0.05) is 23.3 Å². The summed E-state index contributed by atoms with van der Waals surface area (Å²) in [4.78, 5) is 4.31. The molecule has 96 valence electrons. The highest BCUT2D eigenvalue weighted by Gasteiger charge is 2.05. The number of hydrogen-bond acceptors (Lipinski definition) is 3. The second-order valence-electron chi connectivity index (χ2n) is 4.02. The predicted molar refractivity (Wildman–Crippen MR) is 72.1 cm³/mol. The van der Waals surface area contributed by atoms with Gasteiger partial charge in [-0.1, -0.05) is 11.6 Å². The maximum absolute atomic E-state index is 6.00. The molecular weight excluding hydrogens is 250 g/mol. The van der Waals surface area contributed by atoms with Gasteiger partial charge < -0.3 is 14.6 Å². The summed E-state index contributed by atoms with van der Waals surface area (Å²) in [6.45, 7) is 1.46. The van der Waals surface area contributed by atoms with E-state index in [1.54, 1.807) is 7.11 Å². The fraction of sp³-hybridized carbons (Fsp3) is 0.308. The first-order valence-corrected chi connectivity index (χ1v) is 6.08. The molecule has 0 spiro atoms. The smallest absolute Gasteiger partial charge is 0.123 e. The first-order chi connectivity index (χ1) is 8.72. The van der Waals surface area contributed by atoms with Crippen molar-refractivity contribution in [3.8, 4) is 5.75 Å². The molecule has 0 radical (unpaired) electrons. The fourth-order valence-corrected chi connectivity index (χ4v) is 2.03. The third-order valence-electron chi connectivity index (χ3n) is 2.64. The van der Waals surface area contributed by atoms with Crippen molar-refractivity contribution >= 4 is 11.6 Å². The molecule has 2 aromatic rings. The van der Waals surface area contributed by atoms with Crippen molar-refractivity contribution in [2.45, 2.75) is 13.1 Å². The summed E-state index contributed by atoms with van der Waals surface area (Å²) in [7, 11) is 3.56. The molecule has 0 atom stereocenters. The van der Waals surface area contributed by atoms with Crippen LogP contribution in [0.15, 0.2) is 30.7 Å². The van der Waals surface area contributed by atoms with Crippen LogP contribution in [0.1, 0.15) is 11.3 Å². The second kappa shape index (κ2) is 5.89. The lowest BCUT2D eigenvalue weighted by molar-refractivity contribution is 0.408. The van der Waals surface area contributed by atoms with Crippen LogP contribution in [0, 0.1) is 0 Å². The molecule has 0 amide bonds. The Labute approximate surface area is 112 Å². The Kier molecular flexibility index (Phi) is 4.23. The molecule has 18 heavy (non-hydrogen) atoms. The highest BCUT2D eigenvalue weighted by molar-refractivity contribution is 6.30. The van der Waals surface area contributed by atoms with Crippen LogP contribution in [0.2, 0.25) is 5.02 Å². The van der Waals surface area contributed by atoms with Crippen molar-refractivity contribution in [2.75, 3.05) is 14.2 Å². The third kappa shape index (κ3) is 3.03. The average molecular weight is 266 g/mol. The monoisotopic (exact) mass is 265 g/mol. The lowest BCUT2D eigenvalue weighted by Gasteiger charge is -2.09. The lowest BCUT2D eigenvalue weighted by Crippen LogP contribution is -2.05. The van der Waals surface area contributed by atoms with E-state index in [1.807, 2.05) is 42.3 Å². The van der Waals surface area contributed by atoms with E-state index in [4.69, 9.17) is 16.3 Å². The summed E-state index contributed by atoms with van der Waals surface area (Å²) in [5.74, 6) is 0.836. The third-order valence-corrected chi connectivity index (χ3v) is 2.88. The Balaban J connectivity index is 2.19. The number of rotatable bonds is 5. The summed E-state index contributed by atoms with van der Waals surface area (Å²) < 4.78 is 7.34. The molecule has 1 aromatic heterocycles. The van der Waals surface area contributed by atoms with Gasteiger partial charge in [-0.15, -0.1) is 0 Å². The van der Waals surface area contributed by atoms with Crippen molar-refractivity contribution in [3.05, 3.63) is 47.0 Å². The number of benzene rings is 1. The van der Waals surface area contributed by atoms with E-state index in [0.29, 0.717) is 11.6 Å². The molecule has 2 rings (SSSR count). The number of hydrogen-bond donors (Lipinski definition) is 1.